The lowest BCUT2D eigenvalue weighted by Crippen LogP contribution is -2.64. The third-order valence-electron chi connectivity index (χ3n) is 7.33. The van der Waals surface area contributed by atoms with Crippen molar-refractivity contribution in [2.24, 2.45) is 0 Å². The minimum atomic E-state index is 0.300. The van der Waals surface area contributed by atoms with Crippen LogP contribution in [0.1, 0.15) is 57.8 Å². The molecule has 3 aliphatic heterocycles. The van der Waals surface area contributed by atoms with E-state index in [9.17, 15) is 9.59 Å². The number of carbonyl (C=O) groups is 2. The van der Waals surface area contributed by atoms with Crippen LogP contribution in [0.4, 0.5) is 0 Å². The number of hydrogen-bond acceptors (Lipinski definition) is 4. The first-order chi connectivity index (χ1) is 13.2. The van der Waals surface area contributed by atoms with Gasteiger partial charge in [-0.25, -0.2) is 0 Å². The van der Waals surface area contributed by atoms with Gasteiger partial charge in [0.25, 0.3) is 0 Å². The second-order valence-electron chi connectivity index (χ2n) is 9.02. The van der Waals surface area contributed by atoms with Crippen molar-refractivity contribution < 1.29 is 9.59 Å². The summed E-state index contributed by atoms with van der Waals surface area (Å²) >= 11 is 0. The van der Waals surface area contributed by atoms with Crippen LogP contribution in [-0.4, -0.2) is 95.9 Å². The van der Waals surface area contributed by atoms with Gasteiger partial charge in [-0.1, -0.05) is 19.3 Å². The zero-order chi connectivity index (χ0) is 18.7. The van der Waals surface area contributed by atoms with E-state index in [2.05, 4.69) is 19.6 Å². The van der Waals surface area contributed by atoms with Crippen LogP contribution in [0, 0.1) is 0 Å². The molecule has 0 atom stereocenters. The van der Waals surface area contributed by atoms with E-state index in [1.807, 2.05) is 0 Å². The predicted octanol–water partition coefficient (Wildman–Crippen LogP) is 1.55. The van der Waals surface area contributed by atoms with Crippen molar-refractivity contribution in [3.05, 3.63) is 0 Å². The standard InChI is InChI=1S/C21H36N4O2/c26-19-6-4-10-23(19)14-12-22-13-16-25(17-15-24-11-5-7-20(24)27)21(18-22)8-2-1-3-9-21/h1-18H2. The molecule has 6 heteroatoms. The second kappa shape index (κ2) is 8.48. The van der Waals surface area contributed by atoms with Crippen molar-refractivity contribution in [2.45, 2.75) is 63.3 Å². The molecule has 0 aromatic heterocycles. The summed E-state index contributed by atoms with van der Waals surface area (Å²) in [5.74, 6) is 0.693. The molecule has 152 valence electrons. The summed E-state index contributed by atoms with van der Waals surface area (Å²) in [5.41, 5.74) is 0.300. The molecule has 0 bridgehead atoms. The summed E-state index contributed by atoms with van der Waals surface area (Å²) in [4.78, 5) is 33.3. The van der Waals surface area contributed by atoms with Crippen LogP contribution >= 0.6 is 0 Å². The summed E-state index contributed by atoms with van der Waals surface area (Å²) in [6, 6.07) is 0. The Morgan fingerprint density at radius 3 is 1.89 bits per heavy atom. The van der Waals surface area contributed by atoms with Crippen LogP contribution in [0.3, 0.4) is 0 Å². The lowest BCUT2D eigenvalue weighted by Gasteiger charge is -2.53. The Labute approximate surface area is 163 Å². The van der Waals surface area contributed by atoms with Gasteiger partial charge in [0.1, 0.15) is 0 Å². The van der Waals surface area contributed by atoms with E-state index in [0.717, 1.165) is 84.6 Å². The minimum absolute atomic E-state index is 0.300. The molecule has 6 nitrogen and oxygen atoms in total. The van der Waals surface area contributed by atoms with Gasteiger partial charge in [0.15, 0.2) is 0 Å². The van der Waals surface area contributed by atoms with Gasteiger partial charge in [0.2, 0.25) is 11.8 Å². The highest BCUT2D eigenvalue weighted by molar-refractivity contribution is 5.78. The van der Waals surface area contributed by atoms with Crippen LogP contribution in [0.25, 0.3) is 0 Å². The van der Waals surface area contributed by atoms with Crippen molar-refractivity contribution in [3.63, 3.8) is 0 Å². The van der Waals surface area contributed by atoms with Crippen LogP contribution in [-0.2, 0) is 9.59 Å². The SMILES string of the molecule is O=C1CCCN1CCN1CCN(CCN2CCCC2=O)C2(CCCCC2)C1. The first-order valence-corrected chi connectivity index (χ1v) is 11.2. The normalized spacial score (nSPS) is 27.3. The van der Waals surface area contributed by atoms with Gasteiger partial charge >= 0.3 is 0 Å². The van der Waals surface area contributed by atoms with E-state index in [1.165, 1.54) is 32.1 Å². The average molecular weight is 377 g/mol. The molecule has 27 heavy (non-hydrogen) atoms. The molecule has 0 aromatic rings. The molecule has 4 rings (SSSR count). The Kier molecular flexibility index (Phi) is 6.02. The van der Waals surface area contributed by atoms with Crippen LogP contribution < -0.4 is 0 Å². The zero-order valence-electron chi connectivity index (χ0n) is 16.8. The molecule has 4 fully saturated rings. The number of nitrogens with zero attached hydrogens (tertiary/aromatic N) is 4. The summed E-state index contributed by atoms with van der Waals surface area (Å²) in [6.45, 7) is 9.11. The summed E-state index contributed by atoms with van der Waals surface area (Å²) in [6.07, 6.45) is 10.2. The van der Waals surface area contributed by atoms with Gasteiger partial charge in [0.05, 0.1) is 0 Å². The second-order valence-corrected chi connectivity index (χ2v) is 9.02. The molecule has 0 N–H and O–H groups in total. The Bertz CT molecular complexity index is 546. The molecule has 1 spiro atoms. The number of piperazine rings is 1. The van der Waals surface area contributed by atoms with Crippen LogP contribution in [0.15, 0.2) is 0 Å². The number of amides is 2. The van der Waals surface area contributed by atoms with E-state index in [-0.39, 0.29) is 0 Å². The van der Waals surface area contributed by atoms with Gasteiger partial charge in [-0.3, -0.25) is 19.4 Å². The van der Waals surface area contributed by atoms with Crippen molar-refractivity contribution >= 4 is 11.8 Å². The highest BCUT2D eigenvalue weighted by Crippen LogP contribution is 2.36. The van der Waals surface area contributed by atoms with Gasteiger partial charge in [0, 0.05) is 77.3 Å². The molecule has 0 unspecified atom stereocenters. The molecular weight excluding hydrogens is 340 g/mol. The minimum Gasteiger partial charge on any atom is -0.341 e. The number of carbonyl (C=O) groups excluding carboxylic acids is 2. The summed E-state index contributed by atoms with van der Waals surface area (Å²) in [5, 5.41) is 0. The van der Waals surface area contributed by atoms with Crippen molar-refractivity contribution in [2.75, 3.05) is 58.9 Å². The lowest BCUT2D eigenvalue weighted by molar-refractivity contribution is -0.129. The molecule has 3 heterocycles. The molecule has 0 radical (unpaired) electrons. The van der Waals surface area contributed by atoms with Crippen molar-refractivity contribution in [1.29, 1.82) is 0 Å². The maximum atomic E-state index is 12.0. The third kappa shape index (κ3) is 4.32. The predicted molar refractivity (Wildman–Crippen MR) is 105 cm³/mol. The number of likely N-dealkylation sites (tertiary alicyclic amines) is 2. The molecular formula is C21H36N4O2. The summed E-state index contributed by atoms with van der Waals surface area (Å²) in [7, 11) is 0. The maximum Gasteiger partial charge on any atom is 0.222 e. The molecule has 1 saturated carbocycles. The van der Waals surface area contributed by atoms with Gasteiger partial charge in [-0.15, -0.1) is 0 Å². The fourth-order valence-electron chi connectivity index (χ4n) is 5.70. The number of rotatable bonds is 6. The first kappa shape index (κ1) is 19.2. The number of hydrogen-bond donors (Lipinski definition) is 0. The van der Waals surface area contributed by atoms with E-state index >= 15 is 0 Å². The molecule has 2 amide bonds. The van der Waals surface area contributed by atoms with Gasteiger partial charge in [-0.05, 0) is 25.7 Å². The molecule has 4 aliphatic rings. The lowest BCUT2D eigenvalue weighted by atomic mass is 9.78. The zero-order valence-corrected chi connectivity index (χ0v) is 16.8. The Balaban J connectivity index is 1.34. The monoisotopic (exact) mass is 376 g/mol. The Hall–Kier alpha value is -1.14. The molecule has 0 aromatic carbocycles. The van der Waals surface area contributed by atoms with Crippen molar-refractivity contribution in [1.82, 2.24) is 19.6 Å². The summed E-state index contributed by atoms with van der Waals surface area (Å²) < 4.78 is 0. The smallest absolute Gasteiger partial charge is 0.222 e. The van der Waals surface area contributed by atoms with Gasteiger partial charge in [-0.2, -0.15) is 0 Å². The fourth-order valence-corrected chi connectivity index (χ4v) is 5.70. The third-order valence-corrected chi connectivity index (χ3v) is 7.33. The van der Waals surface area contributed by atoms with E-state index in [1.54, 1.807) is 0 Å². The van der Waals surface area contributed by atoms with Crippen LogP contribution in [0.2, 0.25) is 0 Å². The maximum absolute atomic E-state index is 12.0. The quantitative estimate of drug-likeness (QED) is 0.706. The first-order valence-electron chi connectivity index (χ1n) is 11.2. The van der Waals surface area contributed by atoms with E-state index in [0.29, 0.717) is 17.4 Å². The van der Waals surface area contributed by atoms with Crippen LogP contribution in [0.5, 0.6) is 0 Å². The highest BCUT2D eigenvalue weighted by atomic mass is 16.2. The van der Waals surface area contributed by atoms with E-state index < -0.39 is 0 Å². The Morgan fingerprint density at radius 2 is 1.30 bits per heavy atom. The van der Waals surface area contributed by atoms with Crippen molar-refractivity contribution in [3.8, 4) is 0 Å². The molecule has 3 saturated heterocycles. The largest absolute Gasteiger partial charge is 0.341 e. The topological polar surface area (TPSA) is 47.1 Å². The highest BCUT2D eigenvalue weighted by Gasteiger charge is 2.42. The molecule has 1 aliphatic carbocycles. The van der Waals surface area contributed by atoms with Gasteiger partial charge < -0.3 is 9.80 Å². The van der Waals surface area contributed by atoms with E-state index in [4.69, 9.17) is 0 Å². The fraction of sp³-hybridized carbons (Fsp3) is 0.905. The average Bonchev–Trinajstić information content (AvgIpc) is 3.28. The Morgan fingerprint density at radius 1 is 0.667 bits per heavy atom.